The molecule has 0 atom stereocenters. The molecule has 6 heteroatoms. The predicted molar refractivity (Wildman–Crippen MR) is 240 cm³/mol. The number of carbonyl (C=O) groups excluding carboxylic acids is 4. The van der Waals surface area contributed by atoms with Crippen molar-refractivity contribution in [2.75, 3.05) is 0 Å². The molecule has 294 valence electrons. The fraction of sp³-hybridized carbons (Fsp3) is 0. The molecule has 6 nitrogen and oxygen atoms in total. The minimum Gasteiger partial charge on any atom is -0.457 e. The molecular weight excluding hydrogens is 769 g/mol. The topological polar surface area (TPSA) is 86.7 Å². The minimum atomic E-state index is -0.689. The van der Waals surface area contributed by atoms with Crippen LogP contribution >= 0.6 is 0 Å². The Hall–Kier alpha value is -8.84. The number of Topliss-reactive ketones (excluding diaryl/α,β-unsaturated/α-hetero) is 4. The summed E-state index contributed by atoms with van der Waals surface area (Å²) in [5, 5.41) is 0. The quantitative estimate of drug-likeness (QED) is 0.0735. The second-order valence-electron chi connectivity index (χ2n) is 13.9. The Labute approximate surface area is 359 Å². The van der Waals surface area contributed by atoms with E-state index in [0.717, 1.165) is 22.3 Å². The van der Waals surface area contributed by atoms with Gasteiger partial charge in [-0.25, -0.2) is 0 Å². The number of benzene rings is 8. The van der Waals surface area contributed by atoms with Gasteiger partial charge in [-0.1, -0.05) is 145 Å². The number of hydrogen-bond donors (Lipinski definition) is 0. The Kier molecular flexibility index (Phi) is 12.1. The van der Waals surface area contributed by atoms with Gasteiger partial charge in [0.1, 0.15) is 23.0 Å². The van der Waals surface area contributed by atoms with E-state index in [1.807, 2.05) is 72.8 Å². The zero-order chi connectivity index (χ0) is 42.7. The highest BCUT2D eigenvalue weighted by Gasteiger charge is 2.24. The van der Waals surface area contributed by atoms with Gasteiger partial charge < -0.3 is 9.47 Å². The van der Waals surface area contributed by atoms with E-state index in [1.54, 1.807) is 133 Å². The van der Waals surface area contributed by atoms with E-state index in [9.17, 15) is 19.2 Å². The average molecular weight is 803 g/mol. The number of ether oxygens (including phenoxy) is 2. The lowest BCUT2D eigenvalue weighted by Crippen LogP contribution is -2.15. The van der Waals surface area contributed by atoms with Crippen molar-refractivity contribution in [2.45, 2.75) is 0 Å². The fourth-order valence-electron chi connectivity index (χ4n) is 6.60. The molecule has 0 fully saturated rings. The average Bonchev–Trinajstić information content (AvgIpc) is 3.33. The minimum absolute atomic E-state index is 0.129. The van der Waals surface area contributed by atoms with Crippen LogP contribution in [0, 0.1) is 23.7 Å². The van der Waals surface area contributed by atoms with Crippen LogP contribution in [0.25, 0.3) is 11.1 Å². The van der Waals surface area contributed by atoms with Gasteiger partial charge in [0.15, 0.2) is 0 Å². The lowest BCUT2D eigenvalue weighted by Gasteiger charge is -2.15. The Bertz CT molecular complexity index is 2870. The molecule has 8 aromatic carbocycles. The van der Waals surface area contributed by atoms with Crippen molar-refractivity contribution in [1.82, 2.24) is 0 Å². The van der Waals surface area contributed by atoms with Gasteiger partial charge in [0, 0.05) is 33.4 Å². The molecule has 0 spiro atoms. The Balaban J connectivity index is 1.19. The van der Waals surface area contributed by atoms with Gasteiger partial charge in [0.05, 0.1) is 11.1 Å². The molecule has 0 radical (unpaired) electrons. The standard InChI is InChI=1S/C56H34O6/c57-53(41-21-9-3-10-22-41)55(59)49-25-13-15-27-51(49)61-45-33-35-47(43(37-45)31-29-39-17-5-1-6-18-39)48-36-34-46(38-44(48)32-30-40-19-7-2-8-20-40)62-52-28-16-14-26-50(52)56(60)54(58)42-23-11-4-12-24-42/h1-28,33-38H. The normalized spacial score (nSPS) is 10.3. The van der Waals surface area contributed by atoms with Gasteiger partial charge in [-0.15, -0.1) is 0 Å². The first-order chi connectivity index (χ1) is 30.4. The summed E-state index contributed by atoms with van der Waals surface area (Å²) in [6.07, 6.45) is 0. The van der Waals surface area contributed by atoms with E-state index in [0.29, 0.717) is 22.6 Å². The summed E-state index contributed by atoms with van der Waals surface area (Å²) in [4.78, 5) is 53.4. The van der Waals surface area contributed by atoms with Crippen LogP contribution < -0.4 is 9.47 Å². The van der Waals surface area contributed by atoms with Crippen molar-refractivity contribution in [1.29, 1.82) is 0 Å². The molecule has 8 aromatic rings. The molecule has 0 saturated carbocycles. The van der Waals surface area contributed by atoms with Crippen LogP contribution in [0.2, 0.25) is 0 Å². The molecular formula is C56H34O6. The summed E-state index contributed by atoms with van der Waals surface area (Å²) >= 11 is 0. The summed E-state index contributed by atoms with van der Waals surface area (Å²) in [5.41, 5.74) is 5.09. The number of hydrogen-bond acceptors (Lipinski definition) is 6. The lowest BCUT2D eigenvalue weighted by molar-refractivity contribution is 0.0815. The van der Waals surface area contributed by atoms with Crippen molar-refractivity contribution in [2.24, 2.45) is 0 Å². The van der Waals surface area contributed by atoms with E-state index in [2.05, 4.69) is 23.7 Å². The fourth-order valence-corrected chi connectivity index (χ4v) is 6.60. The first-order valence-electron chi connectivity index (χ1n) is 19.7. The van der Waals surface area contributed by atoms with Crippen molar-refractivity contribution in [3.05, 3.63) is 251 Å². The summed E-state index contributed by atoms with van der Waals surface area (Å²) < 4.78 is 12.7. The van der Waals surface area contributed by atoms with Crippen LogP contribution in [-0.2, 0) is 0 Å². The maximum atomic E-state index is 13.5. The SMILES string of the molecule is O=C(C(=O)c1ccccc1Oc1ccc(-c2ccc(Oc3ccccc3C(=O)C(=O)c3ccccc3)cc2C#Cc2ccccc2)c(C#Cc2ccccc2)c1)c1ccccc1. The van der Waals surface area contributed by atoms with Crippen LogP contribution in [0.15, 0.2) is 206 Å². The second kappa shape index (κ2) is 18.8. The third-order valence-electron chi connectivity index (χ3n) is 9.71. The number of rotatable bonds is 11. The van der Waals surface area contributed by atoms with Gasteiger partial charge in [-0.2, -0.15) is 0 Å². The van der Waals surface area contributed by atoms with Crippen LogP contribution in [0.5, 0.6) is 23.0 Å². The Morgan fingerprint density at radius 2 is 0.661 bits per heavy atom. The largest absolute Gasteiger partial charge is 0.457 e. The smallest absolute Gasteiger partial charge is 0.237 e. The van der Waals surface area contributed by atoms with Crippen LogP contribution in [0.4, 0.5) is 0 Å². The van der Waals surface area contributed by atoms with Gasteiger partial charge >= 0.3 is 0 Å². The maximum absolute atomic E-state index is 13.5. The van der Waals surface area contributed by atoms with E-state index in [4.69, 9.17) is 9.47 Å². The number of ketones is 4. The highest BCUT2D eigenvalue weighted by molar-refractivity contribution is 6.50. The van der Waals surface area contributed by atoms with Crippen LogP contribution in [0.1, 0.15) is 63.7 Å². The van der Waals surface area contributed by atoms with E-state index in [-0.39, 0.29) is 33.8 Å². The molecule has 0 heterocycles. The molecule has 8 rings (SSSR count). The first kappa shape index (κ1) is 40.0. The maximum Gasteiger partial charge on any atom is 0.237 e. The Morgan fingerprint density at radius 3 is 1.05 bits per heavy atom. The zero-order valence-electron chi connectivity index (χ0n) is 33.1. The molecule has 0 saturated heterocycles. The highest BCUT2D eigenvalue weighted by atomic mass is 16.5. The highest BCUT2D eigenvalue weighted by Crippen LogP contribution is 2.36. The van der Waals surface area contributed by atoms with Crippen molar-refractivity contribution >= 4 is 23.1 Å². The second-order valence-corrected chi connectivity index (χ2v) is 13.9. The van der Waals surface area contributed by atoms with Gasteiger partial charge in [-0.3, -0.25) is 19.2 Å². The molecule has 0 aliphatic carbocycles. The lowest BCUT2D eigenvalue weighted by atomic mass is 9.94. The summed E-state index contributed by atoms with van der Waals surface area (Å²) in [6, 6.07) is 60.1. The van der Waals surface area contributed by atoms with Crippen molar-refractivity contribution in [3.8, 4) is 57.8 Å². The molecule has 0 bridgehead atoms. The third-order valence-corrected chi connectivity index (χ3v) is 9.71. The third kappa shape index (κ3) is 9.38. The van der Waals surface area contributed by atoms with Crippen LogP contribution in [-0.4, -0.2) is 23.1 Å². The van der Waals surface area contributed by atoms with Gasteiger partial charge in [0.2, 0.25) is 23.1 Å². The molecule has 0 unspecified atom stereocenters. The number of carbonyl (C=O) groups is 4. The molecule has 0 aliphatic heterocycles. The van der Waals surface area contributed by atoms with Crippen LogP contribution in [0.3, 0.4) is 0 Å². The summed E-state index contributed by atoms with van der Waals surface area (Å²) in [7, 11) is 0. The predicted octanol–water partition coefficient (Wildman–Crippen LogP) is 11.9. The van der Waals surface area contributed by atoms with E-state index < -0.39 is 23.1 Å². The molecule has 0 N–H and O–H groups in total. The van der Waals surface area contributed by atoms with Crippen molar-refractivity contribution in [3.63, 3.8) is 0 Å². The monoisotopic (exact) mass is 802 g/mol. The first-order valence-corrected chi connectivity index (χ1v) is 19.7. The Morgan fingerprint density at radius 1 is 0.323 bits per heavy atom. The molecule has 0 aromatic heterocycles. The number of para-hydroxylation sites is 2. The van der Waals surface area contributed by atoms with Gasteiger partial charge in [-0.05, 0) is 96.1 Å². The summed E-state index contributed by atoms with van der Waals surface area (Å²) in [5.74, 6) is 11.7. The molecule has 62 heavy (non-hydrogen) atoms. The zero-order valence-corrected chi connectivity index (χ0v) is 33.1. The molecule has 0 amide bonds. The summed E-state index contributed by atoms with van der Waals surface area (Å²) in [6.45, 7) is 0. The van der Waals surface area contributed by atoms with Crippen molar-refractivity contribution < 1.29 is 28.7 Å². The molecule has 0 aliphatic rings. The van der Waals surface area contributed by atoms with E-state index in [1.165, 1.54) is 0 Å². The van der Waals surface area contributed by atoms with Gasteiger partial charge in [0.25, 0.3) is 0 Å². The van der Waals surface area contributed by atoms with E-state index >= 15 is 0 Å².